The topological polar surface area (TPSA) is 35.5 Å². The second-order valence-corrected chi connectivity index (χ2v) is 5.77. The third-order valence-electron chi connectivity index (χ3n) is 3.54. The summed E-state index contributed by atoms with van der Waals surface area (Å²) in [5, 5.41) is 15.0. The van der Waals surface area contributed by atoms with Crippen molar-refractivity contribution in [3.05, 3.63) is 52.2 Å². The molecule has 0 aliphatic carbocycles. The summed E-state index contributed by atoms with van der Waals surface area (Å²) in [5.74, 6) is 0.328. The molecule has 3 rings (SSSR count). The minimum atomic E-state index is 0.308. The summed E-state index contributed by atoms with van der Waals surface area (Å²) in [7, 11) is 0. The van der Waals surface area contributed by atoms with Gasteiger partial charge in [-0.1, -0.05) is 18.2 Å². The third-order valence-corrected chi connectivity index (χ3v) is 4.46. The number of nitrogens with one attached hydrogen (secondary N) is 1. The van der Waals surface area contributed by atoms with Crippen LogP contribution in [0.3, 0.4) is 0 Å². The average Bonchev–Trinajstić information content (AvgIpc) is 2.96. The van der Waals surface area contributed by atoms with E-state index in [1.54, 1.807) is 23.5 Å². The number of piperazine rings is 1. The molecule has 1 aromatic carbocycles. The van der Waals surface area contributed by atoms with Gasteiger partial charge in [0, 0.05) is 31.1 Å². The van der Waals surface area contributed by atoms with Gasteiger partial charge in [-0.3, -0.25) is 4.90 Å². The Balaban J connectivity index is 1.93. The number of nitrogens with zero attached hydrogens (tertiary/aromatic N) is 1. The molecular weight excluding hydrogens is 256 g/mol. The Morgan fingerprint density at radius 1 is 1.11 bits per heavy atom. The maximum absolute atomic E-state index is 9.46. The Labute approximate surface area is 117 Å². The number of rotatable bonds is 3. The summed E-state index contributed by atoms with van der Waals surface area (Å²) in [6.45, 7) is 4.20. The van der Waals surface area contributed by atoms with E-state index in [2.05, 4.69) is 27.7 Å². The number of thiophene rings is 1. The van der Waals surface area contributed by atoms with Crippen molar-refractivity contribution in [1.29, 1.82) is 0 Å². The number of hydrogen-bond donors (Lipinski definition) is 2. The lowest BCUT2D eigenvalue weighted by molar-refractivity contribution is 0.200. The molecule has 19 heavy (non-hydrogen) atoms. The minimum absolute atomic E-state index is 0.308. The lowest BCUT2D eigenvalue weighted by Gasteiger charge is -2.34. The summed E-state index contributed by atoms with van der Waals surface area (Å²) in [4.78, 5) is 3.88. The fourth-order valence-electron chi connectivity index (χ4n) is 2.60. The Hall–Kier alpha value is -1.36. The molecule has 1 saturated heterocycles. The van der Waals surface area contributed by atoms with Crippen molar-refractivity contribution >= 4 is 11.3 Å². The van der Waals surface area contributed by atoms with Crippen molar-refractivity contribution in [2.45, 2.75) is 6.04 Å². The maximum atomic E-state index is 9.46. The summed E-state index contributed by atoms with van der Waals surface area (Å²) in [6.07, 6.45) is 0. The summed E-state index contributed by atoms with van der Waals surface area (Å²) >= 11 is 1.80. The first-order valence-corrected chi connectivity index (χ1v) is 7.49. The zero-order valence-electron chi connectivity index (χ0n) is 10.7. The molecule has 0 bridgehead atoms. The standard InChI is InChI=1S/C15H18N2OS/c18-13-5-3-12(4-6-13)15(14-2-1-11-19-14)17-9-7-16-8-10-17/h1-6,11,15-16,18H,7-10H2/t15-/m1/s1. The van der Waals surface area contributed by atoms with Crippen molar-refractivity contribution in [2.24, 2.45) is 0 Å². The Morgan fingerprint density at radius 3 is 2.47 bits per heavy atom. The number of phenolic OH excluding ortho intramolecular Hbond substituents is 1. The lowest BCUT2D eigenvalue weighted by Crippen LogP contribution is -2.45. The maximum Gasteiger partial charge on any atom is 0.115 e. The summed E-state index contributed by atoms with van der Waals surface area (Å²) in [6, 6.07) is 12.2. The number of hydrogen-bond acceptors (Lipinski definition) is 4. The molecular formula is C15H18N2OS. The SMILES string of the molecule is Oc1ccc([C@H](c2cccs2)N2CCNCC2)cc1. The predicted molar refractivity (Wildman–Crippen MR) is 78.7 cm³/mol. The van der Waals surface area contributed by atoms with Crippen LogP contribution in [0.1, 0.15) is 16.5 Å². The van der Waals surface area contributed by atoms with E-state index in [9.17, 15) is 5.11 Å². The highest BCUT2D eigenvalue weighted by Gasteiger charge is 2.24. The molecule has 1 aromatic heterocycles. The number of aromatic hydroxyl groups is 1. The molecule has 1 fully saturated rings. The van der Waals surface area contributed by atoms with Gasteiger partial charge in [0.25, 0.3) is 0 Å². The zero-order chi connectivity index (χ0) is 13.1. The largest absolute Gasteiger partial charge is 0.508 e. The van der Waals surface area contributed by atoms with Crippen LogP contribution >= 0.6 is 11.3 Å². The van der Waals surface area contributed by atoms with E-state index in [0.29, 0.717) is 11.8 Å². The second kappa shape index (κ2) is 5.74. The van der Waals surface area contributed by atoms with E-state index >= 15 is 0 Å². The molecule has 100 valence electrons. The third kappa shape index (κ3) is 2.81. The van der Waals surface area contributed by atoms with Crippen LogP contribution in [-0.2, 0) is 0 Å². The highest BCUT2D eigenvalue weighted by molar-refractivity contribution is 7.10. The van der Waals surface area contributed by atoms with Crippen molar-refractivity contribution in [1.82, 2.24) is 10.2 Å². The Bertz CT molecular complexity index is 503. The van der Waals surface area contributed by atoms with Gasteiger partial charge in [-0.25, -0.2) is 0 Å². The van der Waals surface area contributed by atoms with Crippen LogP contribution in [-0.4, -0.2) is 36.2 Å². The Kier molecular flexibility index (Phi) is 3.82. The van der Waals surface area contributed by atoms with Gasteiger partial charge in [0.1, 0.15) is 5.75 Å². The molecule has 0 spiro atoms. The molecule has 2 heterocycles. The summed E-state index contributed by atoms with van der Waals surface area (Å²) in [5.41, 5.74) is 1.25. The Morgan fingerprint density at radius 2 is 1.84 bits per heavy atom. The van der Waals surface area contributed by atoms with Gasteiger partial charge < -0.3 is 10.4 Å². The quantitative estimate of drug-likeness (QED) is 0.902. The van der Waals surface area contributed by atoms with Crippen LogP contribution in [0.25, 0.3) is 0 Å². The molecule has 3 nitrogen and oxygen atoms in total. The molecule has 0 amide bonds. The van der Waals surface area contributed by atoms with E-state index in [0.717, 1.165) is 26.2 Å². The highest BCUT2D eigenvalue weighted by atomic mass is 32.1. The number of benzene rings is 1. The smallest absolute Gasteiger partial charge is 0.115 e. The monoisotopic (exact) mass is 274 g/mol. The predicted octanol–water partition coefficient (Wildman–Crippen LogP) is 2.45. The minimum Gasteiger partial charge on any atom is -0.508 e. The van der Waals surface area contributed by atoms with Gasteiger partial charge in [0.2, 0.25) is 0 Å². The molecule has 1 atom stereocenters. The van der Waals surface area contributed by atoms with Crippen LogP contribution in [0.5, 0.6) is 5.75 Å². The van der Waals surface area contributed by atoms with Crippen LogP contribution in [0, 0.1) is 0 Å². The first kappa shape index (κ1) is 12.7. The van der Waals surface area contributed by atoms with Gasteiger partial charge >= 0.3 is 0 Å². The lowest BCUT2D eigenvalue weighted by atomic mass is 10.0. The van der Waals surface area contributed by atoms with Gasteiger partial charge in [-0.15, -0.1) is 11.3 Å². The fourth-order valence-corrected chi connectivity index (χ4v) is 3.48. The second-order valence-electron chi connectivity index (χ2n) is 4.80. The molecule has 4 heteroatoms. The molecule has 2 aromatic rings. The van der Waals surface area contributed by atoms with E-state index < -0.39 is 0 Å². The first-order valence-electron chi connectivity index (χ1n) is 6.62. The van der Waals surface area contributed by atoms with Crippen molar-refractivity contribution in [3.63, 3.8) is 0 Å². The molecule has 0 saturated carbocycles. The average molecular weight is 274 g/mol. The van der Waals surface area contributed by atoms with E-state index in [-0.39, 0.29) is 0 Å². The molecule has 0 radical (unpaired) electrons. The van der Waals surface area contributed by atoms with Crippen molar-refractivity contribution in [3.8, 4) is 5.75 Å². The van der Waals surface area contributed by atoms with E-state index in [1.165, 1.54) is 10.4 Å². The van der Waals surface area contributed by atoms with E-state index in [1.807, 2.05) is 12.1 Å². The molecule has 0 unspecified atom stereocenters. The fraction of sp³-hybridized carbons (Fsp3) is 0.333. The first-order chi connectivity index (χ1) is 9.34. The molecule has 1 aliphatic heterocycles. The normalized spacial score (nSPS) is 18.3. The molecule has 1 aliphatic rings. The van der Waals surface area contributed by atoms with Crippen molar-refractivity contribution in [2.75, 3.05) is 26.2 Å². The van der Waals surface area contributed by atoms with Crippen LogP contribution in [0.15, 0.2) is 41.8 Å². The summed E-state index contributed by atoms with van der Waals surface area (Å²) < 4.78 is 0. The van der Waals surface area contributed by atoms with Crippen molar-refractivity contribution < 1.29 is 5.11 Å². The molecule has 2 N–H and O–H groups in total. The van der Waals surface area contributed by atoms with Gasteiger partial charge in [-0.2, -0.15) is 0 Å². The van der Waals surface area contributed by atoms with Crippen LogP contribution < -0.4 is 5.32 Å². The van der Waals surface area contributed by atoms with Gasteiger partial charge in [0.05, 0.1) is 6.04 Å². The van der Waals surface area contributed by atoms with Gasteiger partial charge in [0.15, 0.2) is 0 Å². The number of phenols is 1. The van der Waals surface area contributed by atoms with Crippen LogP contribution in [0.2, 0.25) is 0 Å². The van der Waals surface area contributed by atoms with Gasteiger partial charge in [-0.05, 0) is 29.1 Å². The van der Waals surface area contributed by atoms with Crippen LogP contribution in [0.4, 0.5) is 0 Å². The zero-order valence-corrected chi connectivity index (χ0v) is 11.6. The van der Waals surface area contributed by atoms with E-state index in [4.69, 9.17) is 0 Å². The highest BCUT2D eigenvalue weighted by Crippen LogP contribution is 2.32.